The SMILES string of the molecule is CCC(=O)Cc1ccc(OC(C)C)c(O)c1O. The minimum Gasteiger partial charge on any atom is -0.504 e. The van der Waals surface area contributed by atoms with E-state index in [2.05, 4.69) is 0 Å². The summed E-state index contributed by atoms with van der Waals surface area (Å²) in [6.45, 7) is 5.41. The average molecular weight is 238 g/mol. The van der Waals surface area contributed by atoms with Gasteiger partial charge in [0.05, 0.1) is 6.10 Å². The van der Waals surface area contributed by atoms with Gasteiger partial charge in [-0.1, -0.05) is 13.0 Å². The van der Waals surface area contributed by atoms with Crippen LogP contribution in [0.2, 0.25) is 0 Å². The molecule has 1 aromatic rings. The number of phenols is 2. The summed E-state index contributed by atoms with van der Waals surface area (Å²) in [7, 11) is 0. The number of hydrogen-bond donors (Lipinski definition) is 2. The van der Waals surface area contributed by atoms with Crippen molar-refractivity contribution in [3.05, 3.63) is 17.7 Å². The van der Waals surface area contributed by atoms with Gasteiger partial charge in [-0.15, -0.1) is 0 Å². The van der Waals surface area contributed by atoms with Crippen LogP contribution in [0, 0.1) is 0 Å². The molecule has 0 fully saturated rings. The second kappa shape index (κ2) is 5.57. The molecule has 0 aromatic heterocycles. The molecule has 0 heterocycles. The summed E-state index contributed by atoms with van der Waals surface area (Å²) in [6, 6.07) is 3.16. The molecule has 0 aliphatic carbocycles. The van der Waals surface area contributed by atoms with Crippen LogP contribution >= 0.6 is 0 Å². The van der Waals surface area contributed by atoms with E-state index in [9.17, 15) is 15.0 Å². The van der Waals surface area contributed by atoms with Crippen molar-refractivity contribution in [2.75, 3.05) is 0 Å². The molecule has 94 valence electrons. The van der Waals surface area contributed by atoms with Gasteiger partial charge in [0.1, 0.15) is 5.78 Å². The number of phenolic OH excluding ortho intramolecular Hbond substituents is 2. The van der Waals surface area contributed by atoms with E-state index in [0.717, 1.165) is 0 Å². The molecule has 0 spiro atoms. The van der Waals surface area contributed by atoms with Gasteiger partial charge in [-0.3, -0.25) is 4.79 Å². The summed E-state index contributed by atoms with van der Waals surface area (Å²) >= 11 is 0. The van der Waals surface area contributed by atoms with Crippen LogP contribution in [-0.4, -0.2) is 22.1 Å². The molecule has 4 heteroatoms. The van der Waals surface area contributed by atoms with Crippen LogP contribution < -0.4 is 4.74 Å². The number of ether oxygens (including phenoxy) is 1. The van der Waals surface area contributed by atoms with E-state index >= 15 is 0 Å². The minimum absolute atomic E-state index is 0.0113. The first-order valence-electron chi connectivity index (χ1n) is 5.67. The van der Waals surface area contributed by atoms with Crippen LogP contribution in [0.15, 0.2) is 12.1 Å². The maximum atomic E-state index is 11.3. The molecule has 0 aliphatic rings. The number of ketones is 1. The van der Waals surface area contributed by atoms with Gasteiger partial charge in [0.2, 0.25) is 5.75 Å². The Morgan fingerprint density at radius 1 is 1.29 bits per heavy atom. The van der Waals surface area contributed by atoms with Gasteiger partial charge in [0, 0.05) is 18.4 Å². The van der Waals surface area contributed by atoms with E-state index in [0.29, 0.717) is 12.0 Å². The topological polar surface area (TPSA) is 66.8 Å². The normalized spacial score (nSPS) is 10.6. The highest BCUT2D eigenvalue weighted by molar-refractivity contribution is 5.81. The van der Waals surface area contributed by atoms with Crippen LogP contribution in [0.25, 0.3) is 0 Å². The van der Waals surface area contributed by atoms with Crippen molar-refractivity contribution < 1.29 is 19.7 Å². The molecular formula is C13H18O4. The smallest absolute Gasteiger partial charge is 0.200 e. The molecule has 17 heavy (non-hydrogen) atoms. The van der Waals surface area contributed by atoms with Crippen molar-refractivity contribution >= 4 is 5.78 Å². The molecule has 0 saturated heterocycles. The second-order valence-electron chi connectivity index (χ2n) is 4.16. The summed E-state index contributed by atoms with van der Waals surface area (Å²) in [4.78, 5) is 11.3. The van der Waals surface area contributed by atoms with E-state index in [1.165, 1.54) is 0 Å². The molecule has 1 aromatic carbocycles. The number of rotatable bonds is 5. The number of hydrogen-bond acceptors (Lipinski definition) is 4. The fourth-order valence-corrected chi connectivity index (χ4v) is 1.43. The summed E-state index contributed by atoms with van der Waals surface area (Å²) in [5.41, 5.74) is 0.422. The third-order valence-electron chi connectivity index (χ3n) is 2.34. The summed E-state index contributed by atoms with van der Waals surface area (Å²) < 4.78 is 5.32. The third kappa shape index (κ3) is 3.37. The largest absolute Gasteiger partial charge is 0.504 e. The van der Waals surface area contributed by atoms with E-state index in [-0.39, 0.29) is 35.6 Å². The molecule has 1 rings (SSSR count). The lowest BCUT2D eigenvalue weighted by atomic mass is 10.1. The van der Waals surface area contributed by atoms with Crippen LogP contribution in [0.5, 0.6) is 17.2 Å². The Morgan fingerprint density at radius 3 is 2.47 bits per heavy atom. The molecule has 0 radical (unpaired) electrons. The predicted molar refractivity (Wildman–Crippen MR) is 64.5 cm³/mol. The predicted octanol–water partition coefficient (Wildman–Crippen LogP) is 2.41. The molecule has 0 aliphatic heterocycles. The van der Waals surface area contributed by atoms with Crippen molar-refractivity contribution in [2.45, 2.75) is 39.7 Å². The first kappa shape index (κ1) is 13.4. The zero-order valence-corrected chi connectivity index (χ0v) is 10.4. The number of benzene rings is 1. The molecule has 0 saturated carbocycles. The molecule has 0 unspecified atom stereocenters. The summed E-state index contributed by atoms with van der Waals surface area (Å²) in [5.74, 6) is -0.340. The van der Waals surface area contributed by atoms with E-state index < -0.39 is 0 Å². The molecule has 2 N–H and O–H groups in total. The number of aromatic hydroxyl groups is 2. The number of carbonyl (C=O) groups excluding carboxylic acids is 1. The lowest BCUT2D eigenvalue weighted by Gasteiger charge is -2.13. The van der Waals surface area contributed by atoms with Gasteiger partial charge in [-0.25, -0.2) is 0 Å². The average Bonchev–Trinajstić information content (AvgIpc) is 2.28. The van der Waals surface area contributed by atoms with Gasteiger partial charge < -0.3 is 14.9 Å². The van der Waals surface area contributed by atoms with Crippen molar-refractivity contribution in [1.29, 1.82) is 0 Å². The molecule has 0 bridgehead atoms. The Balaban J connectivity index is 2.98. The van der Waals surface area contributed by atoms with Gasteiger partial charge in [0.25, 0.3) is 0 Å². The van der Waals surface area contributed by atoms with Crippen molar-refractivity contribution in [3.8, 4) is 17.2 Å². The molecule has 0 amide bonds. The first-order valence-corrected chi connectivity index (χ1v) is 5.67. The number of Topliss-reactive ketones (excluding diaryl/α,β-unsaturated/α-hetero) is 1. The van der Waals surface area contributed by atoms with E-state index in [4.69, 9.17) is 4.74 Å². The highest BCUT2D eigenvalue weighted by Gasteiger charge is 2.15. The van der Waals surface area contributed by atoms with E-state index in [1.54, 1.807) is 19.1 Å². The fraction of sp³-hybridized carbons (Fsp3) is 0.462. The second-order valence-corrected chi connectivity index (χ2v) is 4.16. The van der Waals surface area contributed by atoms with Gasteiger partial charge in [0.15, 0.2) is 11.5 Å². The number of carbonyl (C=O) groups is 1. The zero-order chi connectivity index (χ0) is 13.0. The Hall–Kier alpha value is -1.71. The Labute approximate surface area is 101 Å². The highest BCUT2D eigenvalue weighted by Crippen LogP contribution is 2.38. The van der Waals surface area contributed by atoms with Gasteiger partial charge in [-0.2, -0.15) is 0 Å². The van der Waals surface area contributed by atoms with Crippen molar-refractivity contribution in [3.63, 3.8) is 0 Å². The van der Waals surface area contributed by atoms with Gasteiger partial charge >= 0.3 is 0 Å². The fourth-order valence-electron chi connectivity index (χ4n) is 1.43. The quantitative estimate of drug-likeness (QED) is 0.773. The van der Waals surface area contributed by atoms with Crippen molar-refractivity contribution in [1.82, 2.24) is 0 Å². The first-order chi connectivity index (χ1) is 7.95. The monoisotopic (exact) mass is 238 g/mol. The zero-order valence-electron chi connectivity index (χ0n) is 10.4. The van der Waals surface area contributed by atoms with Crippen LogP contribution in [0.4, 0.5) is 0 Å². The Bertz CT molecular complexity index is 410. The lowest BCUT2D eigenvalue weighted by molar-refractivity contribution is -0.118. The van der Waals surface area contributed by atoms with Gasteiger partial charge in [-0.05, 0) is 19.9 Å². The van der Waals surface area contributed by atoms with Crippen LogP contribution in [0.3, 0.4) is 0 Å². The Morgan fingerprint density at radius 2 is 1.94 bits per heavy atom. The van der Waals surface area contributed by atoms with Crippen molar-refractivity contribution in [2.24, 2.45) is 0 Å². The van der Waals surface area contributed by atoms with Crippen LogP contribution in [-0.2, 0) is 11.2 Å². The summed E-state index contributed by atoms with van der Waals surface area (Å²) in [5, 5.41) is 19.5. The Kier molecular flexibility index (Phi) is 4.37. The molecular weight excluding hydrogens is 220 g/mol. The standard InChI is InChI=1S/C13H18O4/c1-4-10(14)7-9-5-6-11(17-8(2)3)13(16)12(9)15/h5-6,8,15-16H,4,7H2,1-3H3. The third-order valence-corrected chi connectivity index (χ3v) is 2.34. The van der Waals surface area contributed by atoms with Crippen LogP contribution in [0.1, 0.15) is 32.8 Å². The maximum Gasteiger partial charge on any atom is 0.200 e. The van der Waals surface area contributed by atoms with E-state index in [1.807, 2.05) is 13.8 Å². The lowest BCUT2D eigenvalue weighted by Crippen LogP contribution is -2.06. The molecule has 4 nitrogen and oxygen atoms in total. The highest BCUT2D eigenvalue weighted by atomic mass is 16.5. The minimum atomic E-state index is -0.305. The molecule has 0 atom stereocenters. The maximum absolute atomic E-state index is 11.3. The summed E-state index contributed by atoms with van der Waals surface area (Å²) in [6.07, 6.45) is 0.436.